The summed E-state index contributed by atoms with van der Waals surface area (Å²) in [5.74, 6) is 0.686. The first-order chi connectivity index (χ1) is 16.5. The van der Waals surface area contributed by atoms with Gasteiger partial charge in [-0.25, -0.2) is 9.78 Å². The number of anilines is 1. The number of hydrogen-bond donors (Lipinski definition) is 0. The normalized spacial score (nSPS) is 22.9. The van der Waals surface area contributed by atoms with Crippen LogP contribution in [-0.2, 0) is 16.5 Å². The van der Waals surface area contributed by atoms with Crippen LogP contribution in [0.25, 0.3) is 21.9 Å². The highest BCUT2D eigenvalue weighted by atomic mass is 16.6. The van der Waals surface area contributed by atoms with E-state index in [2.05, 4.69) is 27.6 Å². The number of hydrogen-bond acceptors (Lipinski definition) is 7. The minimum atomic E-state index is -0.549. The Kier molecular flexibility index (Phi) is 4.74. The predicted molar refractivity (Wildman–Crippen MR) is 123 cm³/mol. The second-order valence-electron chi connectivity index (χ2n) is 8.89. The van der Waals surface area contributed by atoms with Gasteiger partial charge in [0, 0.05) is 31.3 Å². The molecule has 2 aliphatic rings. The van der Waals surface area contributed by atoms with Crippen molar-refractivity contribution in [1.82, 2.24) is 24.3 Å². The van der Waals surface area contributed by atoms with E-state index in [9.17, 15) is 10.1 Å². The van der Waals surface area contributed by atoms with Gasteiger partial charge in [0.25, 0.3) is 0 Å². The topological polar surface area (TPSA) is 111 Å². The van der Waals surface area contributed by atoms with Crippen LogP contribution >= 0.6 is 0 Å². The zero-order chi connectivity index (χ0) is 23.4. The number of rotatable bonds is 3. The van der Waals surface area contributed by atoms with Crippen molar-refractivity contribution in [3.05, 3.63) is 48.2 Å². The van der Waals surface area contributed by atoms with E-state index in [0.717, 1.165) is 29.3 Å². The molecule has 0 unspecified atom stereocenters. The van der Waals surface area contributed by atoms with Crippen LogP contribution in [0.2, 0.25) is 0 Å². The highest BCUT2D eigenvalue weighted by molar-refractivity contribution is 6.03. The van der Waals surface area contributed by atoms with E-state index < -0.39 is 12.2 Å². The quantitative estimate of drug-likeness (QED) is 0.462. The fourth-order valence-electron chi connectivity index (χ4n) is 5.03. The Bertz CT molecular complexity index is 1470. The molecule has 2 aliphatic heterocycles. The third-order valence-electron chi connectivity index (χ3n) is 6.60. The number of aryl methyl sites for hydroxylation is 1. The Balaban J connectivity index is 1.52. The van der Waals surface area contributed by atoms with Crippen LogP contribution in [-0.4, -0.2) is 49.7 Å². The number of amides is 1. The van der Waals surface area contributed by atoms with Crippen LogP contribution in [0.3, 0.4) is 0 Å². The van der Waals surface area contributed by atoms with E-state index in [1.165, 1.54) is 0 Å². The van der Waals surface area contributed by atoms with Crippen LogP contribution in [0.4, 0.5) is 10.5 Å². The molecule has 0 bridgehead atoms. The number of imidazole rings is 1. The van der Waals surface area contributed by atoms with Gasteiger partial charge in [-0.15, -0.1) is 0 Å². The van der Waals surface area contributed by atoms with Crippen LogP contribution in [0.1, 0.15) is 43.3 Å². The van der Waals surface area contributed by atoms with E-state index in [-0.39, 0.29) is 12.1 Å². The smallest absolute Gasteiger partial charge is 0.415 e. The van der Waals surface area contributed by atoms with E-state index >= 15 is 0 Å². The van der Waals surface area contributed by atoms with E-state index in [1.54, 1.807) is 34.2 Å². The third kappa shape index (κ3) is 3.28. The standard InChI is InChI=1S/C24H23N7O3/c1-14-7-16(5-6-33-14)31-22-18-8-15(9-25)3-4-19(18)26-11-20(22)28-23(31)21-13-30(24(32)34-21)17-10-27-29(2)12-17/h3-4,8,10-12,14,16,21H,5-7,13H2,1-2H3/t14-,16-,21-/m1/s1. The van der Waals surface area contributed by atoms with Crippen molar-refractivity contribution in [2.45, 2.75) is 38.0 Å². The summed E-state index contributed by atoms with van der Waals surface area (Å²) >= 11 is 0. The molecule has 0 N–H and O–H groups in total. The fraction of sp³-hybridized carbons (Fsp3) is 0.375. The Morgan fingerprint density at radius 2 is 2.12 bits per heavy atom. The maximum atomic E-state index is 12.8. The number of carbonyl (C=O) groups excluding carboxylic acids is 1. The Labute approximate surface area is 195 Å². The van der Waals surface area contributed by atoms with Crippen LogP contribution in [0.15, 0.2) is 36.8 Å². The van der Waals surface area contributed by atoms with Gasteiger partial charge in [0.1, 0.15) is 5.52 Å². The monoisotopic (exact) mass is 457 g/mol. The fourth-order valence-corrected chi connectivity index (χ4v) is 5.03. The van der Waals surface area contributed by atoms with E-state index in [0.29, 0.717) is 35.7 Å². The van der Waals surface area contributed by atoms with Crippen molar-refractivity contribution in [3.63, 3.8) is 0 Å². The highest BCUT2D eigenvalue weighted by Gasteiger charge is 2.39. The lowest BCUT2D eigenvalue weighted by atomic mass is 10.0. The number of nitrogens with zero attached hydrogens (tertiary/aromatic N) is 7. The number of ether oxygens (including phenoxy) is 2. The molecule has 2 saturated heterocycles. The molecule has 5 heterocycles. The predicted octanol–water partition coefficient (Wildman–Crippen LogP) is 3.63. The minimum absolute atomic E-state index is 0.102. The minimum Gasteiger partial charge on any atom is -0.436 e. The molecule has 0 spiro atoms. The number of benzene rings is 1. The lowest BCUT2D eigenvalue weighted by Crippen LogP contribution is -2.28. The summed E-state index contributed by atoms with van der Waals surface area (Å²) in [5.41, 5.74) is 3.66. The van der Waals surface area contributed by atoms with Crippen molar-refractivity contribution < 1.29 is 14.3 Å². The Hall–Kier alpha value is -3.97. The average Bonchev–Trinajstić information content (AvgIpc) is 3.54. The van der Waals surface area contributed by atoms with Crippen molar-refractivity contribution in [2.24, 2.45) is 7.05 Å². The molecule has 10 nitrogen and oxygen atoms in total. The SMILES string of the molecule is C[C@@H]1C[C@H](n2c([C@H]3CN(c4cnn(C)c4)C(=O)O3)nc3cnc4ccc(C#N)cc4c32)CCO1. The van der Waals surface area contributed by atoms with E-state index in [1.807, 2.05) is 19.2 Å². The molecular formula is C24H23N7O3. The summed E-state index contributed by atoms with van der Waals surface area (Å²) in [4.78, 5) is 23.8. The summed E-state index contributed by atoms with van der Waals surface area (Å²) in [6.07, 6.45) is 5.94. The van der Waals surface area contributed by atoms with Crippen molar-refractivity contribution >= 4 is 33.7 Å². The van der Waals surface area contributed by atoms with Gasteiger partial charge in [-0.3, -0.25) is 14.6 Å². The maximum absolute atomic E-state index is 12.8. The highest BCUT2D eigenvalue weighted by Crippen LogP contribution is 2.38. The molecule has 34 heavy (non-hydrogen) atoms. The van der Waals surface area contributed by atoms with Gasteiger partial charge in [-0.2, -0.15) is 10.4 Å². The lowest BCUT2D eigenvalue weighted by molar-refractivity contribution is 0.00504. The van der Waals surface area contributed by atoms with Gasteiger partial charge < -0.3 is 14.0 Å². The second-order valence-corrected chi connectivity index (χ2v) is 8.89. The van der Waals surface area contributed by atoms with Crippen molar-refractivity contribution in [2.75, 3.05) is 18.1 Å². The van der Waals surface area contributed by atoms with Gasteiger partial charge in [0.15, 0.2) is 11.9 Å². The van der Waals surface area contributed by atoms with Gasteiger partial charge in [-0.05, 0) is 38.0 Å². The third-order valence-corrected chi connectivity index (χ3v) is 6.60. The number of nitriles is 1. The number of carbonyl (C=O) groups is 1. The average molecular weight is 457 g/mol. The molecule has 1 amide bonds. The molecule has 4 aromatic rings. The first kappa shape index (κ1) is 20.6. The summed E-state index contributed by atoms with van der Waals surface area (Å²) in [5, 5.41) is 14.5. The van der Waals surface area contributed by atoms with Gasteiger partial charge in [-0.1, -0.05) is 0 Å². The molecule has 0 radical (unpaired) electrons. The largest absolute Gasteiger partial charge is 0.436 e. The molecule has 172 valence electrons. The number of fused-ring (bicyclic) bond motifs is 3. The first-order valence-electron chi connectivity index (χ1n) is 11.3. The molecule has 2 fully saturated rings. The van der Waals surface area contributed by atoms with Gasteiger partial charge in [0.05, 0.1) is 53.4 Å². The Morgan fingerprint density at radius 3 is 2.88 bits per heavy atom. The molecule has 0 saturated carbocycles. The Morgan fingerprint density at radius 1 is 1.24 bits per heavy atom. The molecule has 6 rings (SSSR count). The zero-order valence-corrected chi connectivity index (χ0v) is 18.9. The zero-order valence-electron chi connectivity index (χ0n) is 18.9. The molecule has 10 heteroatoms. The lowest BCUT2D eigenvalue weighted by Gasteiger charge is -2.30. The van der Waals surface area contributed by atoms with Crippen LogP contribution in [0.5, 0.6) is 0 Å². The molecule has 3 atom stereocenters. The number of cyclic esters (lactones) is 1. The maximum Gasteiger partial charge on any atom is 0.415 e. The first-order valence-corrected chi connectivity index (χ1v) is 11.3. The summed E-state index contributed by atoms with van der Waals surface area (Å²) in [7, 11) is 1.81. The van der Waals surface area contributed by atoms with Gasteiger partial charge in [0.2, 0.25) is 0 Å². The molecular weight excluding hydrogens is 434 g/mol. The van der Waals surface area contributed by atoms with Crippen molar-refractivity contribution in [1.29, 1.82) is 5.26 Å². The van der Waals surface area contributed by atoms with Crippen LogP contribution in [0, 0.1) is 11.3 Å². The van der Waals surface area contributed by atoms with Crippen LogP contribution < -0.4 is 4.90 Å². The summed E-state index contributed by atoms with van der Waals surface area (Å²) < 4.78 is 15.5. The van der Waals surface area contributed by atoms with Crippen molar-refractivity contribution in [3.8, 4) is 6.07 Å². The van der Waals surface area contributed by atoms with E-state index in [4.69, 9.17) is 14.5 Å². The molecule has 3 aromatic heterocycles. The second kappa shape index (κ2) is 7.81. The van der Waals surface area contributed by atoms with Gasteiger partial charge >= 0.3 is 6.09 Å². The molecule has 0 aliphatic carbocycles. The number of pyridine rings is 1. The molecule has 1 aromatic carbocycles. The summed E-state index contributed by atoms with van der Waals surface area (Å²) in [6, 6.07) is 7.82. The summed E-state index contributed by atoms with van der Waals surface area (Å²) in [6.45, 7) is 3.04. The number of aromatic nitrogens is 5.